The van der Waals surface area contributed by atoms with Gasteiger partial charge in [-0.15, -0.1) is 0 Å². The Morgan fingerprint density at radius 2 is 2.00 bits per heavy atom. The molecule has 2 rings (SSSR count). The van der Waals surface area contributed by atoms with Gasteiger partial charge in [0, 0.05) is 0 Å². The van der Waals surface area contributed by atoms with Crippen molar-refractivity contribution in [2.45, 2.75) is 32.4 Å². The van der Waals surface area contributed by atoms with E-state index < -0.39 is 23.7 Å². The van der Waals surface area contributed by atoms with Gasteiger partial charge in [0.2, 0.25) is 0 Å². The summed E-state index contributed by atoms with van der Waals surface area (Å²) in [5.74, 6) is -0.648. The van der Waals surface area contributed by atoms with Gasteiger partial charge in [-0.3, -0.25) is 0 Å². The second-order valence-corrected chi connectivity index (χ2v) is 5.61. The van der Waals surface area contributed by atoms with Crippen LogP contribution in [0.1, 0.15) is 32.5 Å². The summed E-state index contributed by atoms with van der Waals surface area (Å²) in [7, 11) is 1.23. The van der Waals surface area contributed by atoms with Crippen LogP contribution in [0.4, 0.5) is 4.79 Å². The quantitative estimate of drug-likeness (QED) is 0.863. The van der Waals surface area contributed by atoms with Gasteiger partial charge in [0.1, 0.15) is 5.60 Å². The fourth-order valence-corrected chi connectivity index (χ4v) is 1.78. The molecule has 2 aromatic rings. The number of nitrogens with one attached hydrogen (secondary N) is 1. The van der Waals surface area contributed by atoms with E-state index in [9.17, 15) is 9.59 Å². The van der Waals surface area contributed by atoms with Gasteiger partial charge < -0.3 is 14.8 Å². The Morgan fingerprint density at radius 1 is 1.27 bits per heavy atom. The standard InChI is InChI=1S/C14H18N4O4/c1-14(2,3)22-13(20)16-11(12(19)21-4)10-6-5-9-7-8-15-18(9)17-10/h5-8,11H,1-4H3,(H,16,20). The number of hydrogen-bond donors (Lipinski definition) is 1. The highest BCUT2D eigenvalue weighted by Crippen LogP contribution is 2.15. The largest absolute Gasteiger partial charge is 0.467 e. The van der Waals surface area contributed by atoms with E-state index in [1.807, 2.05) is 0 Å². The van der Waals surface area contributed by atoms with E-state index in [2.05, 4.69) is 15.5 Å². The molecule has 0 radical (unpaired) electrons. The van der Waals surface area contributed by atoms with Crippen molar-refractivity contribution in [3.05, 3.63) is 30.1 Å². The molecule has 118 valence electrons. The van der Waals surface area contributed by atoms with Crippen LogP contribution in [0, 0.1) is 0 Å². The maximum absolute atomic E-state index is 11.9. The van der Waals surface area contributed by atoms with Crippen LogP contribution >= 0.6 is 0 Å². The Labute approximate surface area is 127 Å². The lowest BCUT2D eigenvalue weighted by atomic mass is 10.2. The van der Waals surface area contributed by atoms with Crippen molar-refractivity contribution in [3.63, 3.8) is 0 Å². The van der Waals surface area contributed by atoms with E-state index in [0.29, 0.717) is 5.69 Å². The van der Waals surface area contributed by atoms with E-state index in [0.717, 1.165) is 5.52 Å². The molecule has 1 unspecified atom stereocenters. The molecule has 0 fully saturated rings. The first-order valence-corrected chi connectivity index (χ1v) is 6.68. The van der Waals surface area contributed by atoms with Crippen molar-refractivity contribution in [1.82, 2.24) is 20.1 Å². The highest BCUT2D eigenvalue weighted by atomic mass is 16.6. The molecule has 1 amide bonds. The summed E-state index contributed by atoms with van der Waals surface area (Å²) in [4.78, 5) is 23.8. The maximum atomic E-state index is 11.9. The highest BCUT2D eigenvalue weighted by molar-refractivity contribution is 5.82. The summed E-state index contributed by atoms with van der Waals surface area (Å²) >= 11 is 0. The number of alkyl carbamates (subject to hydrolysis) is 1. The molecule has 2 aromatic heterocycles. The van der Waals surface area contributed by atoms with Crippen LogP contribution in [0.5, 0.6) is 0 Å². The van der Waals surface area contributed by atoms with E-state index >= 15 is 0 Å². The minimum atomic E-state index is -1.08. The second kappa shape index (κ2) is 6.00. The average Bonchev–Trinajstić information content (AvgIpc) is 2.89. The predicted molar refractivity (Wildman–Crippen MR) is 77.1 cm³/mol. The summed E-state index contributed by atoms with van der Waals surface area (Å²) in [6.45, 7) is 5.19. The zero-order chi connectivity index (χ0) is 16.3. The first-order valence-electron chi connectivity index (χ1n) is 6.68. The molecule has 0 saturated heterocycles. The molecular formula is C14H18N4O4. The van der Waals surface area contributed by atoms with Crippen molar-refractivity contribution < 1.29 is 19.1 Å². The Morgan fingerprint density at radius 3 is 2.64 bits per heavy atom. The highest BCUT2D eigenvalue weighted by Gasteiger charge is 2.28. The SMILES string of the molecule is COC(=O)C(NC(=O)OC(C)(C)C)c1ccc2ccnn2n1. The zero-order valence-corrected chi connectivity index (χ0v) is 12.9. The monoisotopic (exact) mass is 306 g/mol. The van der Waals surface area contributed by atoms with Crippen molar-refractivity contribution >= 4 is 17.6 Å². The van der Waals surface area contributed by atoms with Gasteiger partial charge in [0.15, 0.2) is 6.04 Å². The smallest absolute Gasteiger partial charge is 0.408 e. The zero-order valence-electron chi connectivity index (χ0n) is 12.9. The molecule has 22 heavy (non-hydrogen) atoms. The van der Waals surface area contributed by atoms with Crippen molar-refractivity contribution in [2.24, 2.45) is 0 Å². The van der Waals surface area contributed by atoms with Crippen molar-refractivity contribution in [3.8, 4) is 0 Å². The molecule has 0 spiro atoms. The number of fused-ring (bicyclic) bond motifs is 1. The summed E-state index contributed by atoms with van der Waals surface area (Å²) in [5, 5.41) is 10.6. The number of esters is 1. The number of methoxy groups -OCH3 is 1. The number of carbonyl (C=O) groups is 2. The van der Waals surface area contributed by atoms with Gasteiger partial charge in [-0.25, -0.2) is 9.59 Å². The predicted octanol–water partition coefficient (Wildman–Crippen LogP) is 1.47. The molecular weight excluding hydrogens is 288 g/mol. The molecule has 8 heteroatoms. The van der Waals surface area contributed by atoms with Crippen molar-refractivity contribution in [1.29, 1.82) is 0 Å². The molecule has 0 saturated carbocycles. The number of amides is 1. The first-order chi connectivity index (χ1) is 10.3. The number of rotatable bonds is 3. The molecule has 0 aromatic carbocycles. The fourth-order valence-electron chi connectivity index (χ4n) is 1.78. The molecule has 0 aliphatic rings. The van der Waals surface area contributed by atoms with Crippen molar-refractivity contribution in [2.75, 3.05) is 7.11 Å². The Balaban J connectivity index is 2.25. The van der Waals surface area contributed by atoms with Crippen LogP contribution in [0.25, 0.3) is 5.52 Å². The van der Waals surface area contributed by atoms with Crippen LogP contribution in [0.2, 0.25) is 0 Å². The molecule has 0 aliphatic heterocycles. The van der Waals surface area contributed by atoms with Crippen LogP contribution in [-0.4, -0.2) is 39.6 Å². The third kappa shape index (κ3) is 3.72. The molecule has 0 bridgehead atoms. The number of nitrogens with zero attached hydrogens (tertiary/aromatic N) is 3. The minimum absolute atomic E-state index is 0.300. The van der Waals surface area contributed by atoms with E-state index in [1.165, 1.54) is 11.7 Å². The topological polar surface area (TPSA) is 94.8 Å². The van der Waals surface area contributed by atoms with Gasteiger partial charge in [-0.1, -0.05) is 0 Å². The Hall–Kier alpha value is -2.64. The second-order valence-electron chi connectivity index (χ2n) is 5.61. The van der Waals surface area contributed by atoms with Crippen LogP contribution in [0.15, 0.2) is 24.4 Å². The number of aromatic nitrogens is 3. The van der Waals surface area contributed by atoms with E-state index in [-0.39, 0.29) is 0 Å². The average molecular weight is 306 g/mol. The molecule has 1 atom stereocenters. The molecule has 1 N–H and O–H groups in total. The lowest BCUT2D eigenvalue weighted by molar-refractivity contribution is -0.143. The Kier molecular flexibility index (Phi) is 4.30. The van der Waals surface area contributed by atoms with Gasteiger partial charge in [-0.05, 0) is 39.0 Å². The number of ether oxygens (including phenoxy) is 2. The van der Waals surface area contributed by atoms with E-state index in [1.54, 1.807) is 45.2 Å². The summed E-state index contributed by atoms with van der Waals surface area (Å²) < 4.78 is 11.2. The third-order valence-corrected chi connectivity index (χ3v) is 2.68. The summed E-state index contributed by atoms with van der Waals surface area (Å²) in [6, 6.07) is 4.05. The lowest BCUT2D eigenvalue weighted by Gasteiger charge is -2.22. The summed E-state index contributed by atoms with van der Waals surface area (Å²) in [6.07, 6.45) is 0.853. The van der Waals surface area contributed by atoms with E-state index in [4.69, 9.17) is 9.47 Å². The minimum Gasteiger partial charge on any atom is -0.467 e. The summed E-state index contributed by atoms with van der Waals surface area (Å²) in [5.41, 5.74) is 0.392. The number of hydrogen-bond acceptors (Lipinski definition) is 6. The molecule has 0 aliphatic carbocycles. The first kappa shape index (κ1) is 15.7. The van der Waals surface area contributed by atoms with Crippen LogP contribution in [0.3, 0.4) is 0 Å². The Bertz CT molecular complexity index is 689. The van der Waals surface area contributed by atoms with Gasteiger partial charge in [0.25, 0.3) is 0 Å². The van der Waals surface area contributed by atoms with Gasteiger partial charge >= 0.3 is 12.1 Å². The molecule has 8 nitrogen and oxygen atoms in total. The van der Waals surface area contributed by atoms with Crippen LogP contribution in [-0.2, 0) is 14.3 Å². The lowest BCUT2D eigenvalue weighted by Crippen LogP contribution is -2.39. The van der Waals surface area contributed by atoms with Gasteiger partial charge in [-0.2, -0.15) is 14.8 Å². The third-order valence-electron chi connectivity index (χ3n) is 2.68. The van der Waals surface area contributed by atoms with Gasteiger partial charge in [0.05, 0.1) is 24.5 Å². The van der Waals surface area contributed by atoms with Crippen LogP contribution < -0.4 is 5.32 Å². The number of carbonyl (C=O) groups excluding carboxylic acids is 2. The molecule has 2 heterocycles. The normalized spacial score (nSPS) is 12.7. The maximum Gasteiger partial charge on any atom is 0.408 e. The fraction of sp³-hybridized carbons (Fsp3) is 0.429.